The van der Waals surface area contributed by atoms with Crippen molar-refractivity contribution >= 4 is 74.5 Å². The zero-order chi connectivity index (χ0) is 19.8. The molecular formula is C18H14BrClN4OS3. The molecule has 5 nitrogen and oxygen atoms in total. The predicted octanol–water partition coefficient (Wildman–Crippen LogP) is 5.49. The van der Waals surface area contributed by atoms with E-state index in [-0.39, 0.29) is 11.7 Å². The molecule has 1 amide bonds. The monoisotopic (exact) mass is 512 g/mol. The summed E-state index contributed by atoms with van der Waals surface area (Å²) in [7, 11) is 0. The highest BCUT2D eigenvalue weighted by Crippen LogP contribution is 2.32. The van der Waals surface area contributed by atoms with E-state index in [1.807, 2.05) is 48.5 Å². The van der Waals surface area contributed by atoms with Gasteiger partial charge >= 0.3 is 0 Å². The predicted molar refractivity (Wildman–Crippen MR) is 122 cm³/mol. The molecule has 0 atom stereocenters. The third-order valence-electron chi connectivity index (χ3n) is 3.30. The summed E-state index contributed by atoms with van der Waals surface area (Å²) in [6.07, 6.45) is 1.60. The standard InChI is InChI=1S/C18H14BrClN4OS3/c19-14-7-5-12(6-8-14)9-21-22-16(25)11-27-18-24-23-17(28-18)26-10-13-3-1-2-4-15(13)20/h1-9H,10-11H2,(H,22,25). The number of rotatable bonds is 8. The summed E-state index contributed by atoms with van der Waals surface area (Å²) in [5.41, 5.74) is 4.47. The molecule has 0 spiro atoms. The molecule has 0 fully saturated rings. The second-order valence-electron chi connectivity index (χ2n) is 5.35. The van der Waals surface area contributed by atoms with Crippen LogP contribution in [0.3, 0.4) is 0 Å². The van der Waals surface area contributed by atoms with Crippen LogP contribution < -0.4 is 5.43 Å². The highest BCUT2D eigenvalue weighted by Gasteiger charge is 2.09. The van der Waals surface area contributed by atoms with Crippen LogP contribution in [0.25, 0.3) is 0 Å². The van der Waals surface area contributed by atoms with Gasteiger partial charge in [0, 0.05) is 15.2 Å². The third kappa shape index (κ3) is 6.89. The Kier molecular flexibility index (Phi) is 8.35. The lowest BCUT2D eigenvalue weighted by Crippen LogP contribution is -2.19. The lowest BCUT2D eigenvalue weighted by atomic mass is 10.2. The molecule has 0 aliphatic rings. The summed E-state index contributed by atoms with van der Waals surface area (Å²) in [6.45, 7) is 0. The van der Waals surface area contributed by atoms with Crippen molar-refractivity contribution in [1.82, 2.24) is 15.6 Å². The van der Waals surface area contributed by atoms with Crippen molar-refractivity contribution in [2.75, 3.05) is 5.75 Å². The van der Waals surface area contributed by atoms with Crippen molar-refractivity contribution in [2.45, 2.75) is 14.4 Å². The maximum Gasteiger partial charge on any atom is 0.250 e. The summed E-state index contributed by atoms with van der Waals surface area (Å²) < 4.78 is 2.58. The second-order valence-corrected chi connectivity index (χ2v) is 10.1. The van der Waals surface area contributed by atoms with Crippen molar-refractivity contribution in [3.63, 3.8) is 0 Å². The van der Waals surface area contributed by atoms with E-state index >= 15 is 0 Å². The van der Waals surface area contributed by atoms with Crippen molar-refractivity contribution in [3.8, 4) is 0 Å². The molecule has 3 rings (SSSR count). The lowest BCUT2D eigenvalue weighted by molar-refractivity contribution is -0.118. The Morgan fingerprint density at radius 3 is 2.61 bits per heavy atom. The molecule has 2 aromatic carbocycles. The molecule has 0 saturated carbocycles. The Bertz CT molecular complexity index is 965. The van der Waals surface area contributed by atoms with Gasteiger partial charge in [0.1, 0.15) is 0 Å². The Balaban J connectivity index is 1.41. The first kappa shape index (κ1) is 21.3. The molecular weight excluding hydrogens is 500 g/mol. The summed E-state index contributed by atoms with van der Waals surface area (Å²) >= 11 is 13.9. The minimum absolute atomic E-state index is 0.196. The largest absolute Gasteiger partial charge is 0.272 e. The van der Waals surface area contributed by atoms with Gasteiger partial charge in [-0.15, -0.1) is 10.2 Å². The Morgan fingerprint density at radius 2 is 1.86 bits per heavy atom. The molecule has 0 aliphatic heterocycles. The van der Waals surface area contributed by atoms with Crippen LogP contribution in [0.2, 0.25) is 5.02 Å². The molecule has 10 heteroatoms. The number of hydrogen-bond donors (Lipinski definition) is 1. The van der Waals surface area contributed by atoms with Crippen LogP contribution >= 0.6 is 62.4 Å². The minimum atomic E-state index is -0.196. The number of thioether (sulfide) groups is 2. The molecule has 28 heavy (non-hydrogen) atoms. The molecule has 1 heterocycles. The van der Waals surface area contributed by atoms with Crippen LogP contribution in [0.1, 0.15) is 11.1 Å². The molecule has 0 aliphatic carbocycles. The molecule has 0 radical (unpaired) electrons. The second kappa shape index (κ2) is 11.0. The van der Waals surface area contributed by atoms with E-state index in [1.54, 1.807) is 18.0 Å². The number of carbonyl (C=O) groups is 1. The minimum Gasteiger partial charge on any atom is -0.272 e. The number of nitrogens with one attached hydrogen (secondary N) is 1. The maximum atomic E-state index is 11.9. The fourth-order valence-corrected chi connectivity index (χ4v) is 5.32. The average Bonchev–Trinajstić information content (AvgIpc) is 3.15. The van der Waals surface area contributed by atoms with Gasteiger partial charge in [-0.1, -0.05) is 92.7 Å². The van der Waals surface area contributed by atoms with Crippen LogP contribution in [0.4, 0.5) is 0 Å². The van der Waals surface area contributed by atoms with Gasteiger partial charge in [0.2, 0.25) is 0 Å². The summed E-state index contributed by atoms with van der Waals surface area (Å²) in [4.78, 5) is 11.9. The molecule has 1 aromatic heterocycles. The normalized spacial score (nSPS) is 11.1. The zero-order valence-electron chi connectivity index (χ0n) is 14.3. The van der Waals surface area contributed by atoms with Gasteiger partial charge in [-0.2, -0.15) is 5.10 Å². The molecule has 3 aromatic rings. The Labute approximate surface area is 188 Å². The Hall–Kier alpha value is -1.39. The quantitative estimate of drug-likeness (QED) is 0.245. The molecule has 0 unspecified atom stereocenters. The van der Waals surface area contributed by atoms with Gasteiger partial charge in [0.25, 0.3) is 5.91 Å². The first-order valence-electron chi connectivity index (χ1n) is 8.00. The van der Waals surface area contributed by atoms with E-state index in [0.717, 1.165) is 35.1 Å². The zero-order valence-corrected chi connectivity index (χ0v) is 19.1. The van der Waals surface area contributed by atoms with Crippen molar-refractivity contribution in [2.24, 2.45) is 5.10 Å². The Morgan fingerprint density at radius 1 is 1.14 bits per heavy atom. The fraction of sp³-hybridized carbons (Fsp3) is 0.111. The third-order valence-corrected chi connectivity index (χ3v) is 7.43. The van der Waals surface area contributed by atoms with Crippen molar-refractivity contribution in [1.29, 1.82) is 0 Å². The van der Waals surface area contributed by atoms with Gasteiger partial charge in [0.15, 0.2) is 8.68 Å². The van der Waals surface area contributed by atoms with E-state index < -0.39 is 0 Å². The smallest absolute Gasteiger partial charge is 0.250 e. The summed E-state index contributed by atoms with van der Waals surface area (Å²) in [5, 5.41) is 13.0. The first-order valence-corrected chi connectivity index (χ1v) is 12.0. The van der Waals surface area contributed by atoms with Crippen LogP contribution in [0.15, 0.2) is 66.8 Å². The van der Waals surface area contributed by atoms with Crippen LogP contribution in [-0.2, 0) is 10.5 Å². The van der Waals surface area contributed by atoms with Gasteiger partial charge in [-0.05, 0) is 29.3 Å². The topological polar surface area (TPSA) is 67.2 Å². The van der Waals surface area contributed by atoms with E-state index in [2.05, 4.69) is 36.7 Å². The highest BCUT2D eigenvalue weighted by atomic mass is 79.9. The fourth-order valence-electron chi connectivity index (χ4n) is 1.96. The van der Waals surface area contributed by atoms with Gasteiger partial charge in [-0.3, -0.25) is 4.79 Å². The van der Waals surface area contributed by atoms with E-state index in [4.69, 9.17) is 11.6 Å². The van der Waals surface area contributed by atoms with Crippen molar-refractivity contribution in [3.05, 3.63) is 69.2 Å². The number of aromatic nitrogens is 2. The van der Waals surface area contributed by atoms with Crippen molar-refractivity contribution < 1.29 is 4.79 Å². The number of hydrazone groups is 1. The van der Waals surface area contributed by atoms with E-state index in [0.29, 0.717) is 0 Å². The number of carbonyl (C=O) groups excluding carboxylic acids is 1. The van der Waals surface area contributed by atoms with Gasteiger partial charge < -0.3 is 0 Å². The summed E-state index contributed by atoms with van der Waals surface area (Å²) in [5.74, 6) is 0.755. The molecule has 1 N–H and O–H groups in total. The molecule has 0 saturated heterocycles. The number of benzene rings is 2. The number of nitrogens with zero attached hydrogens (tertiary/aromatic N) is 3. The molecule has 144 valence electrons. The SMILES string of the molecule is O=C(CSc1nnc(SCc2ccccc2Cl)s1)NN=Cc1ccc(Br)cc1. The van der Waals surface area contributed by atoms with Gasteiger partial charge in [0.05, 0.1) is 12.0 Å². The number of halogens is 2. The van der Waals surface area contributed by atoms with Crippen LogP contribution in [0, 0.1) is 0 Å². The van der Waals surface area contributed by atoms with Crippen LogP contribution in [-0.4, -0.2) is 28.1 Å². The molecule has 0 bridgehead atoms. The first-order chi connectivity index (χ1) is 13.6. The highest BCUT2D eigenvalue weighted by molar-refractivity contribution is 9.10. The maximum absolute atomic E-state index is 11.9. The van der Waals surface area contributed by atoms with Crippen LogP contribution in [0.5, 0.6) is 0 Å². The number of hydrogen-bond acceptors (Lipinski definition) is 7. The van der Waals surface area contributed by atoms with E-state index in [1.165, 1.54) is 23.1 Å². The lowest BCUT2D eigenvalue weighted by Gasteiger charge is -2.00. The average molecular weight is 514 g/mol. The van der Waals surface area contributed by atoms with E-state index in [9.17, 15) is 4.79 Å². The van der Waals surface area contributed by atoms with Gasteiger partial charge in [-0.25, -0.2) is 5.43 Å². The number of amides is 1. The summed E-state index contributed by atoms with van der Waals surface area (Å²) in [6, 6.07) is 15.4.